The zero-order valence-electron chi connectivity index (χ0n) is 9.83. The van der Waals surface area contributed by atoms with Crippen LogP contribution < -0.4 is 5.32 Å². The molecule has 0 radical (unpaired) electrons. The van der Waals surface area contributed by atoms with Crippen LogP contribution in [0.2, 0.25) is 0 Å². The summed E-state index contributed by atoms with van der Waals surface area (Å²) < 4.78 is 0. The van der Waals surface area contributed by atoms with Crippen LogP contribution in [0.15, 0.2) is 24.3 Å². The Morgan fingerprint density at radius 1 is 1.21 bits per heavy atom. The number of hydrogen-bond donors (Lipinski definition) is 3. The number of carboxylic acids is 1. The normalized spacial score (nSPS) is 10.1. The molecular weight excluding hydrogens is 250 g/mol. The number of nitrogens with zero attached hydrogens (tertiary/aromatic N) is 3. The highest BCUT2D eigenvalue weighted by molar-refractivity contribution is 5.95. The molecule has 8 heteroatoms. The van der Waals surface area contributed by atoms with Gasteiger partial charge in [0.2, 0.25) is 0 Å². The molecule has 0 aliphatic carbocycles. The summed E-state index contributed by atoms with van der Waals surface area (Å²) in [7, 11) is 0. The van der Waals surface area contributed by atoms with Crippen molar-refractivity contribution in [1.29, 1.82) is 0 Å². The van der Waals surface area contributed by atoms with Crippen molar-refractivity contribution in [3.63, 3.8) is 0 Å². The van der Waals surface area contributed by atoms with E-state index in [1.807, 2.05) is 0 Å². The molecule has 2 aromatic rings. The van der Waals surface area contributed by atoms with Crippen LogP contribution in [-0.4, -0.2) is 44.2 Å². The number of carbonyl (C=O) groups is 2. The Morgan fingerprint density at radius 3 is 2.47 bits per heavy atom. The molecule has 0 fully saturated rings. The van der Waals surface area contributed by atoms with Gasteiger partial charge in [-0.1, -0.05) is 5.21 Å². The van der Waals surface area contributed by atoms with E-state index in [1.54, 1.807) is 0 Å². The quantitative estimate of drug-likeness (QED) is 0.689. The number of amides is 1. The highest BCUT2D eigenvalue weighted by Gasteiger charge is 2.07. The molecule has 0 aliphatic rings. The van der Waals surface area contributed by atoms with Gasteiger partial charge in [-0.2, -0.15) is 5.21 Å². The van der Waals surface area contributed by atoms with E-state index in [4.69, 9.17) is 5.11 Å². The summed E-state index contributed by atoms with van der Waals surface area (Å²) in [5.74, 6) is -0.786. The van der Waals surface area contributed by atoms with Crippen LogP contribution in [-0.2, 0) is 6.42 Å². The van der Waals surface area contributed by atoms with E-state index in [0.29, 0.717) is 24.4 Å². The Morgan fingerprint density at radius 2 is 1.89 bits per heavy atom. The molecule has 3 N–H and O–H groups in total. The van der Waals surface area contributed by atoms with Crippen molar-refractivity contribution in [3.8, 4) is 0 Å². The molecule has 0 saturated heterocycles. The molecule has 1 aromatic heterocycles. The average Bonchev–Trinajstić information content (AvgIpc) is 2.92. The van der Waals surface area contributed by atoms with Crippen molar-refractivity contribution in [3.05, 3.63) is 41.2 Å². The molecule has 19 heavy (non-hydrogen) atoms. The summed E-state index contributed by atoms with van der Waals surface area (Å²) in [5, 5.41) is 24.6. The van der Waals surface area contributed by atoms with Gasteiger partial charge in [0.15, 0.2) is 5.82 Å². The molecule has 8 nitrogen and oxygen atoms in total. The number of benzene rings is 1. The average molecular weight is 261 g/mol. The molecule has 1 amide bonds. The van der Waals surface area contributed by atoms with Crippen molar-refractivity contribution in [2.24, 2.45) is 0 Å². The first-order valence-corrected chi connectivity index (χ1v) is 5.50. The van der Waals surface area contributed by atoms with Gasteiger partial charge in [-0.3, -0.25) is 4.79 Å². The lowest BCUT2D eigenvalue weighted by Gasteiger charge is -2.03. The van der Waals surface area contributed by atoms with E-state index < -0.39 is 5.97 Å². The maximum absolute atomic E-state index is 11.7. The zero-order chi connectivity index (χ0) is 13.7. The molecule has 98 valence electrons. The monoisotopic (exact) mass is 261 g/mol. The Kier molecular flexibility index (Phi) is 3.81. The Balaban J connectivity index is 1.87. The van der Waals surface area contributed by atoms with Crippen molar-refractivity contribution in [1.82, 2.24) is 25.9 Å². The second-order valence-electron chi connectivity index (χ2n) is 3.72. The van der Waals surface area contributed by atoms with Crippen molar-refractivity contribution < 1.29 is 14.7 Å². The molecule has 0 spiro atoms. The van der Waals surface area contributed by atoms with Gasteiger partial charge in [0, 0.05) is 18.5 Å². The van der Waals surface area contributed by atoms with Crippen LogP contribution in [0.4, 0.5) is 0 Å². The Bertz CT molecular complexity index is 565. The maximum Gasteiger partial charge on any atom is 0.335 e. The lowest BCUT2D eigenvalue weighted by atomic mass is 10.1. The third kappa shape index (κ3) is 3.35. The van der Waals surface area contributed by atoms with Gasteiger partial charge in [0.1, 0.15) is 0 Å². The number of aromatic carboxylic acids is 1. The smallest absolute Gasteiger partial charge is 0.335 e. The minimum absolute atomic E-state index is 0.142. The van der Waals surface area contributed by atoms with Gasteiger partial charge in [-0.05, 0) is 24.3 Å². The SMILES string of the molecule is O=C(O)c1ccc(C(=O)NCCc2nn[nH]n2)cc1. The standard InChI is InChI=1S/C11H11N5O3/c17-10(12-6-5-9-13-15-16-14-9)7-1-3-8(4-2-7)11(18)19/h1-4H,5-6H2,(H,12,17)(H,18,19)(H,13,14,15,16). The highest BCUT2D eigenvalue weighted by Crippen LogP contribution is 2.04. The summed E-state index contributed by atoms with van der Waals surface area (Å²) >= 11 is 0. The number of carbonyl (C=O) groups excluding carboxylic acids is 1. The third-order valence-corrected chi connectivity index (χ3v) is 2.42. The topological polar surface area (TPSA) is 121 Å². The molecule has 0 atom stereocenters. The predicted molar refractivity (Wildman–Crippen MR) is 63.6 cm³/mol. The summed E-state index contributed by atoms with van der Waals surface area (Å²) in [4.78, 5) is 22.4. The summed E-state index contributed by atoms with van der Waals surface area (Å²) in [6.07, 6.45) is 0.468. The maximum atomic E-state index is 11.7. The number of carboxylic acid groups (broad SMARTS) is 1. The van der Waals surface area contributed by atoms with Crippen molar-refractivity contribution >= 4 is 11.9 Å². The van der Waals surface area contributed by atoms with Crippen LogP contribution in [0.5, 0.6) is 0 Å². The number of aromatic nitrogens is 4. The molecular formula is C11H11N5O3. The van der Waals surface area contributed by atoms with Gasteiger partial charge in [0.05, 0.1) is 5.56 Å². The molecule has 2 rings (SSSR count). The van der Waals surface area contributed by atoms with E-state index in [0.717, 1.165) is 0 Å². The Hall–Kier alpha value is -2.77. The van der Waals surface area contributed by atoms with Crippen LogP contribution in [0.1, 0.15) is 26.5 Å². The second-order valence-corrected chi connectivity index (χ2v) is 3.72. The van der Waals surface area contributed by atoms with E-state index in [2.05, 4.69) is 25.9 Å². The van der Waals surface area contributed by atoms with E-state index >= 15 is 0 Å². The number of aromatic amines is 1. The van der Waals surface area contributed by atoms with Gasteiger partial charge < -0.3 is 10.4 Å². The molecule has 0 unspecified atom stereocenters. The predicted octanol–water partition coefficient (Wildman–Crippen LogP) is -0.130. The molecule has 0 bridgehead atoms. The number of hydrogen-bond acceptors (Lipinski definition) is 5. The molecule has 1 heterocycles. The fourth-order valence-electron chi connectivity index (χ4n) is 1.44. The second kappa shape index (κ2) is 5.71. The largest absolute Gasteiger partial charge is 0.478 e. The number of rotatable bonds is 5. The van der Waals surface area contributed by atoms with E-state index in [1.165, 1.54) is 24.3 Å². The zero-order valence-corrected chi connectivity index (χ0v) is 9.83. The molecule has 0 aliphatic heterocycles. The van der Waals surface area contributed by atoms with Gasteiger partial charge in [0.25, 0.3) is 5.91 Å². The van der Waals surface area contributed by atoms with E-state index in [9.17, 15) is 9.59 Å². The van der Waals surface area contributed by atoms with Crippen LogP contribution in [0.25, 0.3) is 0 Å². The summed E-state index contributed by atoms with van der Waals surface area (Å²) in [6, 6.07) is 5.70. The van der Waals surface area contributed by atoms with Crippen LogP contribution in [0.3, 0.4) is 0 Å². The third-order valence-electron chi connectivity index (χ3n) is 2.42. The Labute approximate surface area is 107 Å². The number of H-pyrrole nitrogens is 1. The lowest BCUT2D eigenvalue weighted by Crippen LogP contribution is -2.26. The van der Waals surface area contributed by atoms with Gasteiger partial charge in [-0.15, -0.1) is 10.2 Å². The number of nitrogens with one attached hydrogen (secondary N) is 2. The summed E-state index contributed by atoms with van der Waals surface area (Å²) in [5.41, 5.74) is 0.543. The van der Waals surface area contributed by atoms with Crippen LogP contribution >= 0.6 is 0 Å². The van der Waals surface area contributed by atoms with Crippen LogP contribution in [0, 0.1) is 0 Å². The minimum Gasteiger partial charge on any atom is -0.478 e. The number of tetrazole rings is 1. The molecule has 1 aromatic carbocycles. The first-order chi connectivity index (χ1) is 9.16. The molecule has 0 saturated carbocycles. The first kappa shape index (κ1) is 12.7. The summed E-state index contributed by atoms with van der Waals surface area (Å²) in [6.45, 7) is 0.374. The minimum atomic E-state index is -1.02. The lowest BCUT2D eigenvalue weighted by molar-refractivity contribution is 0.0696. The first-order valence-electron chi connectivity index (χ1n) is 5.50. The van der Waals surface area contributed by atoms with E-state index in [-0.39, 0.29) is 11.5 Å². The fourth-order valence-corrected chi connectivity index (χ4v) is 1.44. The van der Waals surface area contributed by atoms with Crippen molar-refractivity contribution in [2.45, 2.75) is 6.42 Å². The fraction of sp³-hybridized carbons (Fsp3) is 0.182. The van der Waals surface area contributed by atoms with Crippen molar-refractivity contribution in [2.75, 3.05) is 6.54 Å². The highest BCUT2D eigenvalue weighted by atomic mass is 16.4. The van der Waals surface area contributed by atoms with Gasteiger partial charge >= 0.3 is 5.97 Å². The van der Waals surface area contributed by atoms with Gasteiger partial charge in [-0.25, -0.2) is 4.79 Å².